The maximum Gasteiger partial charge on any atom is 0.228 e. The minimum Gasteiger partial charge on any atom is -0.326 e. The van der Waals surface area contributed by atoms with Crippen molar-refractivity contribution < 1.29 is 4.79 Å². The molecule has 0 saturated carbocycles. The number of rotatable bonds is 2. The molecule has 3 nitrogen and oxygen atoms in total. The van der Waals surface area contributed by atoms with Crippen molar-refractivity contribution in [3.8, 4) is 0 Å². The van der Waals surface area contributed by atoms with Gasteiger partial charge in [0, 0.05) is 12.2 Å². The first-order valence-electron chi connectivity index (χ1n) is 6.25. The lowest BCUT2D eigenvalue weighted by molar-refractivity contribution is -0.120. The van der Waals surface area contributed by atoms with Gasteiger partial charge < -0.3 is 10.6 Å². The van der Waals surface area contributed by atoms with Gasteiger partial charge in [0.25, 0.3) is 0 Å². The Bertz CT molecular complexity index is 414. The number of amides is 1. The Morgan fingerprint density at radius 3 is 2.83 bits per heavy atom. The van der Waals surface area contributed by atoms with Crippen LogP contribution < -0.4 is 10.6 Å². The molecule has 1 aliphatic heterocycles. The standard InChI is InChI=1S/C14H20N2O.ClH/c1-10-5-6-11(2)13(8-10)16-14(17)12-4-3-7-15-9-12;/h5-6,8,12,15H,3-4,7,9H2,1-2H3,(H,16,17);1H/t12-;/m1./s1. The van der Waals surface area contributed by atoms with Gasteiger partial charge in [-0.1, -0.05) is 12.1 Å². The SMILES string of the molecule is Cc1ccc(C)c(NC(=O)[C@@H]2CCCNC2)c1.Cl. The highest BCUT2D eigenvalue weighted by Gasteiger charge is 2.21. The molecule has 1 heterocycles. The lowest BCUT2D eigenvalue weighted by atomic mass is 9.98. The van der Waals surface area contributed by atoms with E-state index in [1.54, 1.807) is 0 Å². The first-order chi connectivity index (χ1) is 8.16. The third kappa shape index (κ3) is 3.72. The van der Waals surface area contributed by atoms with Crippen LogP contribution in [0, 0.1) is 19.8 Å². The van der Waals surface area contributed by atoms with E-state index >= 15 is 0 Å². The summed E-state index contributed by atoms with van der Waals surface area (Å²) in [7, 11) is 0. The van der Waals surface area contributed by atoms with Gasteiger partial charge in [-0.3, -0.25) is 4.79 Å². The van der Waals surface area contributed by atoms with Gasteiger partial charge in [-0.25, -0.2) is 0 Å². The molecule has 2 N–H and O–H groups in total. The van der Waals surface area contributed by atoms with Gasteiger partial charge in [-0.05, 0) is 50.4 Å². The van der Waals surface area contributed by atoms with E-state index in [9.17, 15) is 4.79 Å². The van der Waals surface area contributed by atoms with Crippen molar-refractivity contribution in [2.45, 2.75) is 26.7 Å². The Balaban J connectivity index is 0.00000162. The number of benzene rings is 1. The molecule has 1 saturated heterocycles. The van der Waals surface area contributed by atoms with Crippen LogP contribution in [-0.4, -0.2) is 19.0 Å². The fraction of sp³-hybridized carbons (Fsp3) is 0.500. The van der Waals surface area contributed by atoms with E-state index < -0.39 is 0 Å². The fourth-order valence-corrected chi connectivity index (χ4v) is 2.18. The second-order valence-corrected chi connectivity index (χ2v) is 4.85. The van der Waals surface area contributed by atoms with Gasteiger partial charge in [0.05, 0.1) is 5.92 Å². The maximum atomic E-state index is 12.1. The van der Waals surface area contributed by atoms with Gasteiger partial charge in [0.1, 0.15) is 0 Å². The smallest absolute Gasteiger partial charge is 0.228 e. The molecule has 1 amide bonds. The van der Waals surface area contributed by atoms with Gasteiger partial charge >= 0.3 is 0 Å². The van der Waals surface area contributed by atoms with Crippen molar-refractivity contribution in [1.29, 1.82) is 0 Å². The van der Waals surface area contributed by atoms with E-state index in [1.165, 1.54) is 5.56 Å². The molecule has 1 aromatic carbocycles. The predicted molar refractivity (Wildman–Crippen MR) is 77.4 cm³/mol. The Labute approximate surface area is 115 Å². The average Bonchev–Trinajstić information content (AvgIpc) is 2.35. The monoisotopic (exact) mass is 268 g/mol. The summed E-state index contributed by atoms with van der Waals surface area (Å²) >= 11 is 0. The number of carbonyl (C=O) groups excluding carboxylic acids is 1. The summed E-state index contributed by atoms with van der Waals surface area (Å²) in [5, 5.41) is 6.31. The summed E-state index contributed by atoms with van der Waals surface area (Å²) in [6.45, 7) is 5.90. The second kappa shape index (κ2) is 6.76. The lowest BCUT2D eigenvalue weighted by Gasteiger charge is -2.22. The number of hydrogen-bond acceptors (Lipinski definition) is 2. The van der Waals surface area contributed by atoms with Gasteiger partial charge in [-0.2, -0.15) is 0 Å². The Kier molecular flexibility index (Phi) is 5.63. The molecule has 1 atom stereocenters. The molecule has 0 spiro atoms. The van der Waals surface area contributed by atoms with E-state index in [4.69, 9.17) is 0 Å². The molecular weight excluding hydrogens is 248 g/mol. The summed E-state index contributed by atoms with van der Waals surface area (Å²) in [6, 6.07) is 6.14. The number of carbonyl (C=O) groups is 1. The van der Waals surface area contributed by atoms with Crippen LogP contribution in [0.25, 0.3) is 0 Å². The summed E-state index contributed by atoms with van der Waals surface area (Å²) in [5.41, 5.74) is 3.24. The summed E-state index contributed by atoms with van der Waals surface area (Å²) in [4.78, 5) is 12.1. The number of piperidine rings is 1. The van der Waals surface area contributed by atoms with Crippen molar-refractivity contribution in [2.75, 3.05) is 18.4 Å². The maximum absolute atomic E-state index is 12.1. The topological polar surface area (TPSA) is 41.1 Å². The quantitative estimate of drug-likeness (QED) is 0.866. The van der Waals surface area contributed by atoms with Crippen molar-refractivity contribution in [3.05, 3.63) is 29.3 Å². The van der Waals surface area contributed by atoms with E-state index in [0.717, 1.165) is 37.2 Å². The third-order valence-corrected chi connectivity index (χ3v) is 3.32. The van der Waals surface area contributed by atoms with Crippen molar-refractivity contribution in [2.24, 2.45) is 5.92 Å². The molecule has 4 heteroatoms. The van der Waals surface area contributed by atoms with Gasteiger partial charge in [0.15, 0.2) is 0 Å². The van der Waals surface area contributed by atoms with Crippen LogP contribution in [0.5, 0.6) is 0 Å². The highest BCUT2D eigenvalue weighted by Crippen LogP contribution is 2.19. The second-order valence-electron chi connectivity index (χ2n) is 4.85. The molecular formula is C14H21ClN2O. The minimum atomic E-state index is 0. The van der Waals surface area contributed by atoms with Gasteiger partial charge in [0.2, 0.25) is 5.91 Å². The number of aryl methyl sites for hydroxylation is 2. The molecule has 100 valence electrons. The molecule has 2 rings (SSSR count). The highest BCUT2D eigenvalue weighted by molar-refractivity contribution is 5.93. The average molecular weight is 269 g/mol. The van der Waals surface area contributed by atoms with Gasteiger partial charge in [-0.15, -0.1) is 12.4 Å². The molecule has 1 aliphatic rings. The van der Waals surface area contributed by atoms with Crippen LogP contribution in [0.2, 0.25) is 0 Å². The van der Waals surface area contributed by atoms with Crippen LogP contribution in [0.4, 0.5) is 5.69 Å². The molecule has 1 fully saturated rings. The zero-order valence-electron chi connectivity index (χ0n) is 11.0. The molecule has 0 bridgehead atoms. The van der Waals surface area contributed by atoms with Crippen molar-refractivity contribution >= 4 is 24.0 Å². The number of nitrogens with one attached hydrogen (secondary N) is 2. The zero-order chi connectivity index (χ0) is 12.3. The molecule has 0 unspecified atom stereocenters. The van der Waals surface area contributed by atoms with Crippen LogP contribution >= 0.6 is 12.4 Å². The Morgan fingerprint density at radius 2 is 2.17 bits per heavy atom. The normalized spacial score (nSPS) is 18.9. The molecule has 0 aliphatic carbocycles. The molecule has 18 heavy (non-hydrogen) atoms. The van der Waals surface area contributed by atoms with E-state index in [0.29, 0.717) is 0 Å². The van der Waals surface area contributed by atoms with E-state index in [1.807, 2.05) is 26.0 Å². The Hall–Kier alpha value is -1.06. The summed E-state index contributed by atoms with van der Waals surface area (Å²) in [5.74, 6) is 0.259. The fourth-order valence-electron chi connectivity index (χ4n) is 2.18. The Morgan fingerprint density at radius 1 is 1.39 bits per heavy atom. The zero-order valence-corrected chi connectivity index (χ0v) is 11.8. The van der Waals surface area contributed by atoms with Crippen LogP contribution in [0.15, 0.2) is 18.2 Å². The third-order valence-electron chi connectivity index (χ3n) is 3.32. The van der Waals surface area contributed by atoms with Crippen LogP contribution in [-0.2, 0) is 4.79 Å². The highest BCUT2D eigenvalue weighted by atomic mass is 35.5. The number of hydrogen-bond donors (Lipinski definition) is 2. The van der Waals surface area contributed by atoms with Crippen molar-refractivity contribution in [1.82, 2.24) is 5.32 Å². The first kappa shape index (κ1) is 15.0. The van der Waals surface area contributed by atoms with Crippen molar-refractivity contribution in [3.63, 3.8) is 0 Å². The largest absolute Gasteiger partial charge is 0.326 e. The molecule has 0 aromatic heterocycles. The molecule has 1 aromatic rings. The number of halogens is 1. The molecule has 0 radical (unpaired) electrons. The number of anilines is 1. The summed E-state index contributed by atoms with van der Waals surface area (Å²) in [6.07, 6.45) is 2.08. The lowest BCUT2D eigenvalue weighted by Crippen LogP contribution is -2.37. The van der Waals surface area contributed by atoms with Crippen LogP contribution in [0.3, 0.4) is 0 Å². The predicted octanol–water partition coefficient (Wildman–Crippen LogP) is 2.66. The van der Waals surface area contributed by atoms with E-state index in [2.05, 4.69) is 16.7 Å². The minimum absolute atomic E-state index is 0. The van der Waals surface area contributed by atoms with Crippen LogP contribution in [0.1, 0.15) is 24.0 Å². The summed E-state index contributed by atoms with van der Waals surface area (Å²) < 4.78 is 0. The first-order valence-corrected chi connectivity index (χ1v) is 6.25. The van der Waals surface area contributed by atoms with E-state index in [-0.39, 0.29) is 24.2 Å².